The van der Waals surface area contributed by atoms with Crippen molar-refractivity contribution >= 4 is 0 Å². The summed E-state index contributed by atoms with van der Waals surface area (Å²) in [7, 11) is 0. The molecule has 1 atom stereocenters. The summed E-state index contributed by atoms with van der Waals surface area (Å²) in [4.78, 5) is 6.59. The molecule has 4 rings (SSSR count). The van der Waals surface area contributed by atoms with Crippen LogP contribution < -0.4 is 0 Å². The number of ether oxygens (including phenoxy) is 1. The predicted octanol–water partition coefficient (Wildman–Crippen LogP) is 3.05. The Morgan fingerprint density at radius 3 is 2.74 bits per heavy atom. The third-order valence-corrected chi connectivity index (χ3v) is 4.91. The fraction of sp³-hybridized carbons (Fsp3) is 0.421. The van der Waals surface area contributed by atoms with Crippen LogP contribution in [0.5, 0.6) is 0 Å². The lowest BCUT2D eigenvalue weighted by Gasteiger charge is -2.47. The number of aromatic nitrogens is 1. The van der Waals surface area contributed by atoms with Crippen LogP contribution in [0.15, 0.2) is 48.8 Å². The monoisotopic (exact) mass is 312 g/mol. The number of hydrogen-bond donors (Lipinski definition) is 0. The van der Waals surface area contributed by atoms with E-state index in [2.05, 4.69) is 16.0 Å². The zero-order valence-electron chi connectivity index (χ0n) is 13.1. The first kappa shape index (κ1) is 14.8. The molecule has 2 aliphatic rings. The Morgan fingerprint density at radius 1 is 1.17 bits per heavy atom. The molecule has 0 radical (unpaired) electrons. The van der Waals surface area contributed by atoms with Gasteiger partial charge in [0.25, 0.3) is 0 Å². The first-order chi connectivity index (χ1) is 11.2. The van der Waals surface area contributed by atoms with E-state index in [1.807, 2.05) is 24.4 Å². The molecule has 2 aromatic rings. The second-order valence-corrected chi connectivity index (χ2v) is 6.97. The number of benzene rings is 1. The van der Waals surface area contributed by atoms with E-state index in [1.54, 1.807) is 6.20 Å². The Labute approximate surface area is 136 Å². The molecule has 0 unspecified atom stereocenters. The molecule has 1 aromatic heterocycles. The van der Waals surface area contributed by atoms with Crippen molar-refractivity contribution in [1.29, 1.82) is 0 Å². The summed E-state index contributed by atoms with van der Waals surface area (Å²) in [6.45, 7) is 3.91. The Hall–Kier alpha value is -1.78. The maximum atomic E-state index is 12.9. The highest BCUT2D eigenvalue weighted by Gasteiger charge is 2.48. The predicted molar refractivity (Wildman–Crippen MR) is 86.4 cm³/mol. The Bertz CT molecular complexity index is 653. The molecule has 3 nitrogen and oxygen atoms in total. The lowest BCUT2D eigenvalue weighted by Crippen LogP contribution is -2.56. The summed E-state index contributed by atoms with van der Waals surface area (Å²) < 4.78 is 19.0. The third-order valence-electron chi connectivity index (χ3n) is 4.91. The van der Waals surface area contributed by atoms with Crippen LogP contribution in [0.1, 0.15) is 17.5 Å². The Morgan fingerprint density at radius 2 is 2.00 bits per heavy atom. The Kier molecular flexibility index (Phi) is 3.87. The molecule has 3 heterocycles. The molecule has 1 aromatic carbocycles. The fourth-order valence-electron chi connectivity index (χ4n) is 3.89. The van der Waals surface area contributed by atoms with Crippen molar-refractivity contribution in [2.75, 3.05) is 19.7 Å². The van der Waals surface area contributed by atoms with Gasteiger partial charge in [0, 0.05) is 43.9 Å². The van der Waals surface area contributed by atoms with Crippen LogP contribution in [0.4, 0.5) is 4.39 Å². The van der Waals surface area contributed by atoms with E-state index >= 15 is 0 Å². The number of nitrogens with zero attached hydrogens (tertiary/aromatic N) is 2. The van der Waals surface area contributed by atoms with Gasteiger partial charge in [-0.25, -0.2) is 4.39 Å². The Balaban J connectivity index is 1.28. The quantitative estimate of drug-likeness (QED) is 0.867. The molecule has 0 N–H and O–H groups in total. The van der Waals surface area contributed by atoms with Gasteiger partial charge in [-0.2, -0.15) is 0 Å². The van der Waals surface area contributed by atoms with Crippen molar-refractivity contribution < 1.29 is 9.13 Å². The van der Waals surface area contributed by atoms with E-state index in [4.69, 9.17) is 4.74 Å². The van der Waals surface area contributed by atoms with Gasteiger partial charge in [-0.15, -0.1) is 0 Å². The van der Waals surface area contributed by atoms with E-state index in [-0.39, 0.29) is 5.82 Å². The molecule has 0 amide bonds. The molecule has 1 spiro atoms. The van der Waals surface area contributed by atoms with Crippen LogP contribution in [0, 0.1) is 11.2 Å². The van der Waals surface area contributed by atoms with Crippen LogP contribution >= 0.6 is 0 Å². The average Bonchev–Trinajstić information content (AvgIpc) is 2.94. The van der Waals surface area contributed by atoms with Gasteiger partial charge in [0.2, 0.25) is 0 Å². The smallest absolute Gasteiger partial charge is 0.123 e. The molecule has 120 valence electrons. The van der Waals surface area contributed by atoms with Crippen LogP contribution in [0.3, 0.4) is 0 Å². The van der Waals surface area contributed by atoms with Gasteiger partial charge < -0.3 is 4.74 Å². The third kappa shape index (κ3) is 3.28. The summed E-state index contributed by atoms with van der Waals surface area (Å²) in [6.07, 6.45) is 6.12. The average molecular weight is 312 g/mol. The molecule has 4 heteroatoms. The SMILES string of the molecule is Fc1ccc(CN2CC3(CO[C@H](Cc4cccnc4)C3)C2)cc1. The number of hydrogen-bond acceptors (Lipinski definition) is 3. The van der Waals surface area contributed by atoms with Crippen molar-refractivity contribution in [2.24, 2.45) is 5.41 Å². The molecule has 2 saturated heterocycles. The molecule has 2 fully saturated rings. The summed E-state index contributed by atoms with van der Waals surface area (Å²) in [5.41, 5.74) is 2.75. The van der Waals surface area contributed by atoms with E-state index < -0.39 is 0 Å². The molecule has 23 heavy (non-hydrogen) atoms. The minimum absolute atomic E-state index is 0.170. The molecule has 2 aliphatic heterocycles. The fourth-order valence-corrected chi connectivity index (χ4v) is 3.89. The van der Waals surface area contributed by atoms with Gasteiger partial charge in [-0.05, 0) is 35.7 Å². The van der Waals surface area contributed by atoms with Crippen LogP contribution in [0.2, 0.25) is 0 Å². The molecule has 0 aliphatic carbocycles. The lowest BCUT2D eigenvalue weighted by molar-refractivity contribution is -0.0140. The second-order valence-electron chi connectivity index (χ2n) is 6.97. The molecule has 0 bridgehead atoms. The van der Waals surface area contributed by atoms with Crippen molar-refractivity contribution in [3.05, 3.63) is 65.7 Å². The standard InChI is InChI=1S/C19H21FN2O/c20-17-5-3-15(4-6-17)11-22-12-19(13-22)9-18(23-14-19)8-16-2-1-7-21-10-16/h1-7,10,18H,8-9,11-14H2/t18-/m1/s1. The first-order valence-corrected chi connectivity index (χ1v) is 8.18. The summed E-state index contributed by atoms with van der Waals surface area (Å²) >= 11 is 0. The molecule has 0 saturated carbocycles. The maximum Gasteiger partial charge on any atom is 0.123 e. The normalized spacial score (nSPS) is 23.1. The van der Waals surface area contributed by atoms with Gasteiger partial charge in [0.15, 0.2) is 0 Å². The zero-order chi connectivity index (χ0) is 15.7. The largest absolute Gasteiger partial charge is 0.377 e. The number of rotatable bonds is 4. The van der Waals surface area contributed by atoms with Crippen molar-refractivity contribution in [3.8, 4) is 0 Å². The highest BCUT2D eigenvalue weighted by molar-refractivity contribution is 5.17. The lowest BCUT2D eigenvalue weighted by atomic mass is 9.77. The number of halogens is 1. The number of pyridine rings is 1. The summed E-state index contributed by atoms with van der Waals surface area (Å²) in [5.74, 6) is -0.170. The van der Waals surface area contributed by atoms with Crippen LogP contribution in [-0.2, 0) is 17.7 Å². The van der Waals surface area contributed by atoms with Gasteiger partial charge in [0.1, 0.15) is 5.82 Å². The highest BCUT2D eigenvalue weighted by Crippen LogP contribution is 2.42. The highest BCUT2D eigenvalue weighted by atomic mass is 19.1. The van der Waals surface area contributed by atoms with Gasteiger partial charge in [-0.3, -0.25) is 9.88 Å². The van der Waals surface area contributed by atoms with Gasteiger partial charge >= 0.3 is 0 Å². The van der Waals surface area contributed by atoms with E-state index in [1.165, 1.54) is 23.3 Å². The van der Waals surface area contributed by atoms with Crippen molar-refractivity contribution in [1.82, 2.24) is 9.88 Å². The van der Waals surface area contributed by atoms with Crippen LogP contribution in [-0.4, -0.2) is 35.7 Å². The minimum Gasteiger partial charge on any atom is -0.377 e. The van der Waals surface area contributed by atoms with E-state index in [0.717, 1.165) is 39.1 Å². The van der Waals surface area contributed by atoms with Crippen molar-refractivity contribution in [2.45, 2.75) is 25.5 Å². The first-order valence-electron chi connectivity index (χ1n) is 8.18. The van der Waals surface area contributed by atoms with E-state index in [0.29, 0.717) is 11.5 Å². The minimum atomic E-state index is -0.170. The maximum absolute atomic E-state index is 12.9. The second kappa shape index (κ2) is 6.02. The summed E-state index contributed by atoms with van der Waals surface area (Å²) in [6, 6.07) is 10.9. The van der Waals surface area contributed by atoms with Gasteiger partial charge in [0.05, 0.1) is 12.7 Å². The molecular formula is C19H21FN2O. The molecular weight excluding hydrogens is 291 g/mol. The van der Waals surface area contributed by atoms with Crippen LogP contribution in [0.25, 0.3) is 0 Å². The van der Waals surface area contributed by atoms with E-state index in [9.17, 15) is 4.39 Å². The number of likely N-dealkylation sites (tertiary alicyclic amines) is 1. The van der Waals surface area contributed by atoms with Crippen molar-refractivity contribution in [3.63, 3.8) is 0 Å². The topological polar surface area (TPSA) is 25.4 Å². The zero-order valence-corrected chi connectivity index (χ0v) is 13.1. The van der Waals surface area contributed by atoms with Gasteiger partial charge in [-0.1, -0.05) is 18.2 Å². The summed E-state index contributed by atoms with van der Waals surface area (Å²) in [5, 5.41) is 0.